The van der Waals surface area contributed by atoms with E-state index in [-0.39, 0.29) is 11.2 Å². The van der Waals surface area contributed by atoms with Crippen molar-refractivity contribution < 1.29 is 5.11 Å². The van der Waals surface area contributed by atoms with Gasteiger partial charge in [0.05, 0.1) is 40.0 Å². The summed E-state index contributed by atoms with van der Waals surface area (Å²) in [6.45, 7) is 8.25. The van der Waals surface area contributed by atoms with Gasteiger partial charge in [0, 0.05) is 28.0 Å². The van der Waals surface area contributed by atoms with E-state index in [9.17, 15) is 5.11 Å². The van der Waals surface area contributed by atoms with Crippen molar-refractivity contribution in [1.82, 2.24) is 5.32 Å². The number of hydrogen-bond acceptors (Lipinski definition) is 5. The van der Waals surface area contributed by atoms with E-state index in [0.29, 0.717) is 11.3 Å². The van der Waals surface area contributed by atoms with Crippen LogP contribution in [0.4, 0.5) is 0 Å². The van der Waals surface area contributed by atoms with Gasteiger partial charge >= 0.3 is 0 Å². The van der Waals surface area contributed by atoms with Gasteiger partial charge in [0.2, 0.25) is 0 Å². The van der Waals surface area contributed by atoms with Crippen molar-refractivity contribution in [2.45, 2.75) is 34.1 Å². The first kappa shape index (κ1) is 22.2. The van der Waals surface area contributed by atoms with Crippen LogP contribution in [0.1, 0.15) is 38.3 Å². The molecular weight excluding hydrogens is 444 g/mol. The zero-order valence-electron chi connectivity index (χ0n) is 20.9. The molecule has 1 aromatic rings. The Morgan fingerprint density at radius 1 is 0.889 bits per heavy atom. The predicted octanol–water partition coefficient (Wildman–Crippen LogP) is 6.58. The van der Waals surface area contributed by atoms with Crippen molar-refractivity contribution in [2.75, 3.05) is 0 Å². The second-order valence-corrected chi connectivity index (χ2v) is 10.4. The Balaban J connectivity index is 1.60. The van der Waals surface area contributed by atoms with Crippen molar-refractivity contribution >= 4 is 22.7 Å². The van der Waals surface area contributed by atoms with E-state index in [1.807, 2.05) is 24.3 Å². The van der Waals surface area contributed by atoms with E-state index in [2.05, 4.69) is 74.7 Å². The molecule has 0 unspecified atom stereocenters. The summed E-state index contributed by atoms with van der Waals surface area (Å²) in [6, 6.07) is 8.40. The Morgan fingerprint density at radius 3 is 2.42 bits per heavy atom. The lowest BCUT2D eigenvalue weighted by Crippen LogP contribution is -2.14. The first-order valence-corrected chi connectivity index (χ1v) is 12.2. The molecule has 6 rings (SSSR count). The standard InChI is InChI=1S/C31H28N4O/c1-18-5-7-20(8-6-18)30-26-12-11-21(33-26)13-24-17-31(3,4)29(34-24)15-23-10-9-22(32-23)14-27-25(19(2)36)16-28(30)35-27/h5-16,34,36H,17H2,1-4H3/b22-14?,24-13?,25-19+,29-15?,30-26?. The minimum absolute atomic E-state index is 0.0326. The molecule has 0 spiro atoms. The van der Waals surface area contributed by atoms with Gasteiger partial charge in [0.1, 0.15) is 0 Å². The molecule has 178 valence electrons. The van der Waals surface area contributed by atoms with Crippen molar-refractivity contribution in [3.05, 3.63) is 124 Å². The molecule has 5 aliphatic heterocycles. The van der Waals surface area contributed by atoms with Crippen LogP contribution in [-0.2, 0) is 0 Å². The molecule has 5 aliphatic rings. The second-order valence-electron chi connectivity index (χ2n) is 10.4. The lowest BCUT2D eigenvalue weighted by molar-refractivity contribution is 0.412. The van der Waals surface area contributed by atoms with Crippen LogP contribution in [0.2, 0.25) is 0 Å². The number of fused-ring (bicyclic) bond motifs is 5. The summed E-state index contributed by atoms with van der Waals surface area (Å²) in [5.74, 6) is 0.221. The summed E-state index contributed by atoms with van der Waals surface area (Å²) in [5, 5.41) is 14.1. The third-order valence-corrected chi connectivity index (χ3v) is 6.94. The van der Waals surface area contributed by atoms with Crippen molar-refractivity contribution in [2.24, 2.45) is 20.4 Å². The lowest BCUT2D eigenvalue weighted by atomic mass is 9.87. The number of aliphatic hydroxyl groups excluding tert-OH is 1. The molecule has 0 saturated carbocycles. The third-order valence-electron chi connectivity index (χ3n) is 6.94. The molecule has 0 atom stereocenters. The predicted molar refractivity (Wildman–Crippen MR) is 148 cm³/mol. The number of rotatable bonds is 1. The van der Waals surface area contributed by atoms with Crippen LogP contribution in [0.15, 0.2) is 128 Å². The molecule has 5 nitrogen and oxygen atoms in total. The first-order valence-electron chi connectivity index (χ1n) is 12.2. The van der Waals surface area contributed by atoms with E-state index in [1.54, 1.807) is 6.92 Å². The quantitative estimate of drug-likeness (QED) is 0.453. The number of allylic oxidation sites excluding steroid dienone is 13. The Labute approximate surface area is 211 Å². The van der Waals surface area contributed by atoms with E-state index in [0.717, 1.165) is 57.5 Å². The molecule has 0 amide bonds. The van der Waals surface area contributed by atoms with E-state index in [1.165, 1.54) is 5.56 Å². The molecule has 2 N–H and O–H groups in total. The minimum Gasteiger partial charge on any atom is -0.512 e. The SMILES string of the molecule is C/C(O)=C1/C=C2N=C1C=C1C=CC(=N1)C=C1NC(=CC3=NC(=C2c2ccc(C)cc2)C=C3)CC1(C)C. The summed E-state index contributed by atoms with van der Waals surface area (Å²) in [5.41, 5.74) is 11.0. The van der Waals surface area contributed by atoms with Gasteiger partial charge in [-0.15, -0.1) is 0 Å². The van der Waals surface area contributed by atoms with Crippen LogP contribution < -0.4 is 5.32 Å². The normalized spacial score (nSPS) is 22.9. The van der Waals surface area contributed by atoms with Crippen LogP contribution in [0.3, 0.4) is 0 Å². The van der Waals surface area contributed by atoms with Crippen molar-refractivity contribution in [3.8, 4) is 0 Å². The molecule has 1 aromatic carbocycles. The van der Waals surface area contributed by atoms with Crippen molar-refractivity contribution in [1.29, 1.82) is 0 Å². The van der Waals surface area contributed by atoms with E-state index < -0.39 is 0 Å². The first-order chi connectivity index (χ1) is 17.2. The third kappa shape index (κ3) is 3.97. The molecule has 36 heavy (non-hydrogen) atoms. The number of nitrogens with zero attached hydrogens (tertiary/aromatic N) is 3. The number of aryl methyl sites for hydroxylation is 1. The zero-order valence-corrected chi connectivity index (χ0v) is 20.9. The van der Waals surface area contributed by atoms with Gasteiger partial charge in [-0.2, -0.15) is 0 Å². The Bertz CT molecular complexity index is 1540. The van der Waals surface area contributed by atoms with Gasteiger partial charge in [0.25, 0.3) is 0 Å². The van der Waals surface area contributed by atoms with Crippen LogP contribution >= 0.6 is 0 Å². The molecule has 5 heterocycles. The molecular formula is C31H28N4O. The summed E-state index contributed by atoms with van der Waals surface area (Å²) in [6.07, 6.45) is 17.1. The summed E-state index contributed by atoms with van der Waals surface area (Å²) in [4.78, 5) is 14.8. The highest BCUT2D eigenvalue weighted by Gasteiger charge is 2.33. The van der Waals surface area contributed by atoms with Gasteiger partial charge < -0.3 is 10.4 Å². The fourth-order valence-electron chi connectivity index (χ4n) is 5.00. The topological polar surface area (TPSA) is 69.3 Å². The van der Waals surface area contributed by atoms with Crippen LogP contribution in [0.5, 0.6) is 0 Å². The van der Waals surface area contributed by atoms with Gasteiger partial charge in [0.15, 0.2) is 0 Å². The smallest absolute Gasteiger partial charge is 0.0986 e. The van der Waals surface area contributed by atoms with E-state index in [4.69, 9.17) is 15.0 Å². The molecule has 5 heteroatoms. The Hall–Kier alpha value is -4.25. The summed E-state index contributed by atoms with van der Waals surface area (Å²) >= 11 is 0. The maximum Gasteiger partial charge on any atom is 0.0986 e. The average molecular weight is 473 g/mol. The van der Waals surface area contributed by atoms with Gasteiger partial charge in [-0.3, -0.25) is 0 Å². The number of aliphatic imine (C=N–C) groups is 3. The summed E-state index contributed by atoms with van der Waals surface area (Å²) in [7, 11) is 0. The molecule has 0 aliphatic carbocycles. The fraction of sp³-hybridized carbons (Fsp3) is 0.194. The Kier molecular flexibility index (Phi) is 5.04. The molecule has 1 fully saturated rings. The highest BCUT2D eigenvalue weighted by Crippen LogP contribution is 2.40. The van der Waals surface area contributed by atoms with Gasteiger partial charge in [-0.1, -0.05) is 43.7 Å². The lowest BCUT2D eigenvalue weighted by Gasteiger charge is -2.17. The highest BCUT2D eigenvalue weighted by molar-refractivity contribution is 6.17. The van der Waals surface area contributed by atoms with Crippen molar-refractivity contribution in [3.63, 3.8) is 0 Å². The molecule has 0 aromatic heterocycles. The maximum atomic E-state index is 10.5. The number of benzene rings is 1. The zero-order chi connectivity index (χ0) is 25.0. The second kappa shape index (κ2) is 8.16. The Morgan fingerprint density at radius 2 is 1.64 bits per heavy atom. The molecule has 1 saturated heterocycles. The van der Waals surface area contributed by atoms with Crippen LogP contribution in [0, 0.1) is 12.3 Å². The number of aliphatic hydroxyl groups is 1. The van der Waals surface area contributed by atoms with Gasteiger partial charge in [-0.25, -0.2) is 15.0 Å². The fourth-order valence-corrected chi connectivity index (χ4v) is 5.00. The summed E-state index contributed by atoms with van der Waals surface area (Å²) < 4.78 is 0. The largest absolute Gasteiger partial charge is 0.512 e. The number of nitrogens with one attached hydrogen (secondary N) is 1. The highest BCUT2D eigenvalue weighted by atomic mass is 16.3. The maximum absolute atomic E-state index is 10.5. The van der Waals surface area contributed by atoms with E-state index >= 15 is 0 Å². The monoisotopic (exact) mass is 472 g/mol. The number of hydrogen-bond donors (Lipinski definition) is 2. The van der Waals surface area contributed by atoms with Gasteiger partial charge in [-0.05, 0) is 74.4 Å². The van der Waals surface area contributed by atoms with Crippen LogP contribution in [-0.4, -0.2) is 22.2 Å². The average Bonchev–Trinajstić information content (AvgIpc) is 3.59. The van der Waals surface area contributed by atoms with Crippen LogP contribution in [0.25, 0.3) is 5.57 Å². The molecule has 8 bridgehead atoms. The minimum atomic E-state index is -0.0326. The molecule has 0 radical (unpaired) electrons.